The number of hydrogen-bond acceptors (Lipinski definition) is 3. The molecule has 0 radical (unpaired) electrons. The first-order chi connectivity index (χ1) is 8.59. The van der Waals surface area contributed by atoms with Crippen molar-refractivity contribution in [2.24, 2.45) is 0 Å². The molecule has 0 fully saturated rings. The van der Waals surface area contributed by atoms with Crippen LogP contribution in [0.15, 0.2) is 24.3 Å². The van der Waals surface area contributed by atoms with Crippen molar-refractivity contribution in [1.29, 1.82) is 0 Å². The van der Waals surface area contributed by atoms with Crippen molar-refractivity contribution >= 4 is 9.84 Å². The summed E-state index contributed by atoms with van der Waals surface area (Å²) in [6.07, 6.45) is 1.59. The first-order valence-electron chi connectivity index (χ1n) is 6.56. The summed E-state index contributed by atoms with van der Waals surface area (Å²) in [6.45, 7) is 6.43. The van der Waals surface area contributed by atoms with Crippen molar-refractivity contribution in [1.82, 2.24) is 0 Å². The quantitative estimate of drug-likeness (QED) is 0.904. The van der Waals surface area contributed by atoms with Crippen LogP contribution in [0.3, 0.4) is 0 Å². The molecule has 19 heavy (non-hydrogen) atoms. The molecule has 0 saturated carbocycles. The SMILES string of the molecule is CC(C)(C)c1ccc(C(O)CCCS(C)(=O)=O)cc1. The fourth-order valence-electron chi connectivity index (χ4n) is 1.91. The molecule has 108 valence electrons. The fourth-order valence-corrected chi connectivity index (χ4v) is 2.60. The van der Waals surface area contributed by atoms with E-state index in [9.17, 15) is 13.5 Å². The zero-order valence-corrected chi connectivity index (χ0v) is 13.0. The van der Waals surface area contributed by atoms with Crippen LogP contribution in [0.5, 0.6) is 0 Å². The maximum Gasteiger partial charge on any atom is 0.147 e. The summed E-state index contributed by atoms with van der Waals surface area (Å²) >= 11 is 0. The van der Waals surface area contributed by atoms with Gasteiger partial charge >= 0.3 is 0 Å². The number of hydrogen-bond donors (Lipinski definition) is 1. The van der Waals surface area contributed by atoms with Crippen LogP contribution in [0.2, 0.25) is 0 Å². The van der Waals surface area contributed by atoms with E-state index in [2.05, 4.69) is 20.8 Å². The van der Waals surface area contributed by atoms with Gasteiger partial charge in [-0.25, -0.2) is 8.42 Å². The Morgan fingerprint density at radius 3 is 2.11 bits per heavy atom. The van der Waals surface area contributed by atoms with Crippen molar-refractivity contribution in [3.05, 3.63) is 35.4 Å². The van der Waals surface area contributed by atoms with Crippen molar-refractivity contribution in [2.45, 2.75) is 45.1 Å². The topological polar surface area (TPSA) is 54.4 Å². The summed E-state index contributed by atoms with van der Waals surface area (Å²) in [5, 5.41) is 10.0. The molecule has 3 nitrogen and oxygen atoms in total. The molecule has 1 rings (SSSR count). The normalized spacial score (nSPS) is 14.4. The van der Waals surface area contributed by atoms with Gasteiger partial charge in [-0.1, -0.05) is 45.0 Å². The lowest BCUT2D eigenvalue weighted by atomic mass is 9.86. The van der Waals surface area contributed by atoms with Gasteiger partial charge in [-0.05, 0) is 29.4 Å². The third-order valence-corrected chi connectivity index (χ3v) is 4.18. The predicted molar refractivity (Wildman–Crippen MR) is 79.0 cm³/mol. The van der Waals surface area contributed by atoms with Crippen LogP contribution in [0.1, 0.15) is 50.8 Å². The van der Waals surface area contributed by atoms with Crippen LogP contribution in [0.25, 0.3) is 0 Å². The van der Waals surface area contributed by atoms with Gasteiger partial charge in [-0.15, -0.1) is 0 Å². The second kappa shape index (κ2) is 6.06. The van der Waals surface area contributed by atoms with Crippen LogP contribution in [-0.4, -0.2) is 25.5 Å². The molecular weight excluding hydrogens is 260 g/mol. The highest BCUT2D eigenvalue weighted by Gasteiger charge is 2.14. The Hall–Kier alpha value is -0.870. The molecule has 0 spiro atoms. The first-order valence-corrected chi connectivity index (χ1v) is 8.62. The Labute approximate surface area is 116 Å². The largest absolute Gasteiger partial charge is 0.388 e. The summed E-state index contributed by atoms with van der Waals surface area (Å²) < 4.78 is 22.0. The maximum absolute atomic E-state index is 11.0. The fraction of sp³-hybridized carbons (Fsp3) is 0.600. The highest BCUT2D eigenvalue weighted by molar-refractivity contribution is 7.90. The van der Waals surface area contributed by atoms with Crippen LogP contribution >= 0.6 is 0 Å². The van der Waals surface area contributed by atoms with E-state index in [-0.39, 0.29) is 11.2 Å². The molecule has 1 aromatic carbocycles. The van der Waals surface area contributed by atoms with E-state index in [0.29, 0.717) is 12.8 Å². The first kappa shape index (κ1) is 16.2. The molecule has 0 amide bonds. The molecule has 0 aliphatic heterocycles. The van der Waals surface area contributed by atoms with E-state index in [1.165, 1.54) is 11.8 Å². The number of aliphatic hydroxyl groups excluding tert-OH is 1. The van der Waals surface area contributed by atoms with Gasteiger partial charge in [-0.2, -0.15) is 0 Å². The summed E-state index contributed by atoms with van der Waals surface area (Å²) in [4.78, 5) is 0. The minimum Gasteiger partial charge on any atom is -0.388 e. The summed E-state index contributed by atoms with van der Waals surface area (Å²) in [7, 11) is -2.94. The minimum atomic E-state index is -2.94. The number of benzene rings is 1. The summed E-state index contributed by atoms with van der Waals surface area (Å²) in [6, 6.07) is 7.89. The highest BCUT2D eigenvalue weighted by Crippen LogP contribution is 2.25. The Balaban J connectivity index is 2.61. The minimum absolute atomic E-state index is 0.0970. The Morgan fingerprint density at radius 1 is 1.16 bits per heavy atom. The lowest BCUT2D eigenvalue weighted by Crippen LogP contribution is -2.11. The number of rotatable bonds is 5. The third-order valence-electron chi connectivity index (χ3n) is 3.15. The van der Waals surface area contributed by atoms with Crippen molar-refractivity contribution < 1.29 is 13.5 Å². The molecule has 1 unspecified atom stereocenters. The predicted octanol–water partition coefficient (Wildman–Crippen LogP) is 2.84. The van der Waals surface area contributed by atoms with Gasteiger partial charge in [0.25, 0.3) is 0 Å². The molecule has 0 aliphatic rings. The van der Waals surface area contributed by atoms with Gasteiger partial charge in [-0.3, -0.25) is 0 Å². The molecule has 0 saturated heterocycles. The zero-order valence-electron chi connectivity index (χ0n) is 12.2. The van der Waals surface area contributed by atoms with Crippen molar-refractivity contribution in [3.63, 3.8) is 0 Å². The van der Waals surface area contributed by atoms with Gasteiger partial charge in [0, 0.05) is 12.0 Å². The average Bonchev–Trinajstić information content (AvgIpc) is 2.26. The van der Waals surface area contributed by atoms with E-state index in [4.69, 9.17) is 0 Å². The standard InChI is InChI=1S/C15H24O3S/c1-15(2,3)13-9-7-12(8-10-13)14(16)6-5-11-19(4,17)18/h7-10,14,16H,5-6,11H2,1-4H3. The monoisotopic (exact) mass is 284 g/mol. The smallest absolute Gasteiger partial charge is 0.147 e. The molecule has 1 aromatic rings. The second-order valence-electron chi connectivity index (χ2n) is 6.16. The molecule has 0 aromatic heterocycles. The van der Waals surface area contributed by atoms with Crippen LogP contribution < -0.4 is 0 Å². The molecule has 0 aliphatic carbocycles. The Morgan fingerprint density at radius 2 is 1.68 bits per heavy atom. The van der Waals surface area contributed by atoms with Crippen LogP contribution in [0.4, 0.5) is 0 Å². The Kier molecular flexibility index (Phi) is 5.16. The molecular formula is C15H24O3S. The summed E-state index contributed by atoms with van der Waals surface area (Å²) in [5.41, 5.74) is 2.17. The van der Waals surface area contributed by atoms with Crippen molar-refractivity contribution in [3.8, 4) is 0 Å². The van der Waals surface area contributed by atoms with Gasteiger partial charge in [0.2, 0.25) is 0 Å². The maximum atomic E-state index is 11.0. The molecule has 0 bridgehead atoms. The second-order valence-corrected chi connectivity index (χ2v) is 8.42. The molecule has 4 heteroatoms. The lowest BCUT2D eigenvalue weighted by Gasteiger charge is -2.20. The van der Waals surface area contributed by atoms with E-state index < -0.39 is 15.9 Å². The van der Waals surface area contributed by atoms with Crippen LogP contribution in [-0.2, 0) is 15.3 Å². The van der Waals surface area contributed by atoms with Gasteiger partial charge in [0.15, 0.2) is 0 Å². The highest BCUT2D eigenvalue weighted by atomic mass is 32.2. The van der Waals surface area contributed by atoms with Crippen molar-refractivity contribution in [2.75, 3.05) is 12.0 Å². The number of aliphatic hydroxyl groups is 1. The lowest BCUT2D eigenvalue weighted by molar-refractivity contribution is 0.166. The van der Waals surface area contributed by atoms with E-state index >= 15 is 0 Å². The van der Waals surface area contributed by atoms with Gasteiger partial charge in [0.1, 0.15) is 9.84 Å². The Bertz CT molecular complexity index is 495. The van der Waals surface area contributed by atoms with Gasteiger partial charge < -0.3 is 5.11 Å². The molecule has 1 N–H and O–H groups in total. The van der Waals surface area contributed by atoms with Crippen LogP contribution in [0, 0.1) is 0 Å². The van der Waals surface area contributed by atoms with E-state index in [0.717, 1.165) is 5.56 Å². The average molecular weight is 284 g/mol. The van der Waals surface area contributed by atoms with E-state index in [1.54, 1.807) is 0 Å². The van der Waals surface area contributed by atoms with Gasteiger partial charge in [0.05, 0.1) is 6.10 Å². The zero-order chi connectivity index (χ0) is 14.7. The summed E-state index contributed by atoms with van der Waals surface area (Å²) in [5.74, 6) is 0.129. The number of sulfone groups is 1. The third kappa shape index (κ3) is 5.74. The molecule has 0 heterocycles. The molecule has 1 atom stereocenters. The van der Waals surface area contributed by atoms with E-state index in [1.807, 2.05) is 24.3 Å².